The van der Waals surface area contributed by atoms with E-state index in [2.05, 4.69) is 0 Å². The van der Waals surface area contributed by atoms with Crippen molar-refractivity contribution in [3.8, 4) is 0 Å². The molecule has 0 radical (unpaired) electrons. The molecule has 74 valence electrons. The molecule has 0 aliphatic heterocycles. The van der Waals surface area contributed by atoms with Gasteiger partial charge in [0.1, 0.15) is 5.69 Å². The van der Waals surface area contributed by atoms with Crippen molar-refractivity contribution < 1.29 is 9.72 Å². The lowest BCUT2D eigenvalue weighted by molar-refractivity contribution is -0.383. The van der Waals surface area contributed by atoms with Crippen molar-refractivity contribution in [2.75, 3.05) is 11.5 Å². The molecule has 0 aromatic heterocycles. The number of hydrogen-bond acceptors (Lipinski definition) is 5. The second kappa shape index (κ2) is 3.33. The maximum absolute atomic E-state index is 11.1. The molecular weight excluding hydrogens is 186 g/mol. The Morgan fingerprint density at radius 1 is 1.43 bits per heavy atom. The van der Waals surface area contributed by atoms with Gasteiger partial charge in [-0.05, 0) is 13.0 Å². The fourth-order valence-electron chi connectivity index (χ4n) is 1.18. The summed E-state index contributed by atoms with van der Waals surface area (Å²) in [6.07, 6.45) is 0. The van der Waals surface area contributed by atoms with Gasteiger partial charge in [-0.3, -0.25) is 14.9 Å². The van der Waals surface area contributed by atoms with Gasteiger partial charge in [-0.25, -0.2) is 0 Å². The highest BCUT2D eigenvalue weighted by molar-refractivity contribution is 6.05. The zero-order valence-electron chi connectivity index (χ0n) is 7.48. The minimum Gasteiger partial charge on any atom is -0.398 e. The van der Waals surface area contributed by atoms with E-state index in [0.29, 0.717) is 0 Å². The number of nitro benzene ring substituents is 1. The van der Waals surface area contributed by atoms with Crippen LogP contribution in [0.25, 0.3) is 0 Å². The van der Waals surface area contributed by atoms with Gasteiger partial charge >= 0.3 is 0 Å². The number of nitrogens with zero attached hydrogens (tertiary/aromatic N) is 1. The monoisotopic (exact) mass is 195 g/mol. The highest BCUT2D eigenvalue weighted by Gasteiger charge is 2.19. The van der Waals surface area contributed by atoms with Gasteiger partial charge in [-0.15, -0.1) is 0 Å². The molecule has 4 N–H and O–H groups in total. The number of carbonyl (C=O) groups excluding carboxylic acids is 1. The molecule has 0 amide bonds. The van der Waals surface area contributed by atoms with Gasteiger partial charge in [-0.2, -0.15) is 0 Å². The lowest BCUT2D eigenvalue weighted by atomic mass is 10.1. The lowest BCUT2D eigenvalue weighted by Crippen LogP contribution is -2.07. The summed E-state index contributed by atoms with van der Waals surface area (Å²) >= 11 is 0. The van der Waals surface area contributed by atoms with E-state index in [1.54, 1.807) is 0 Å². The van der Waals surface area contributed by atoms with Crippen LogP contribution in [0.4, 0.5) is 17.1 Å². The average molecular weight is 195 g/mol. The van der Waals surface area contributed by atoms with Crippen LogP contribution < -0.4 is 11.5 Å². The van der Waals surface area contributed by atoms with Crippen LogP contribution >= 0.6 is 0 Å². The Morgan fingerprint density at radius 3 is 2.43 bits per heavy atom. The number of benzene rings is 1. The van der Waals surface area contributed by atoms with Crippen LogP contribution in [-0.4, -0.2) is 10.7 Å². The highest BCUT2D eigenvalue weighted by atomic mass is 16.6. The molecule has 6 heteroatoms. The molecule has 0 spiro atoms. The molecule has 6 nitrogen and oxygen atoms in total. The Balaban J connectivity index is 3.49. The first-order valence-electron chi connectivity index (χ1n) is 3.78. The number of ketones is 1. The summed E-state index contributed by atoms with van der Waals surface area (Å²) in [4.78, 5) is 20.9. The van der Waals surface area contributed by atoms with Crippen molar-refractivity contribution in [2.24, 2.45) is 0 Å². The van der Waals surface area contributed by atoms with Crippen molar-refractivity contribution >= 4 is 22.8 Å². The number of Topliss-reactive ketones (excluding diaryl/α,β-unsaturated/α-hetero) is 1. The molecule has 1 aromatic carbocycles. The fourth-order valence-corrected chi connectivity index (χ4v) is 1.18. The number of nitrogen functional groups attached to an aromatic ring is 2. The summed E-state index contributed by atoms with van der Waals surface area (Å²) in [5, 5.41) is 10.5. The van der Waals surface area contributed by atoms with Gasteiger partial charge in [0, 0.05) is 11.8 Å². The van der Waals surface area contributed by atoms with Crippen LogP contribution in [0.2, 0.25) is 0 Å². The first-order chi connectivity index (χ1) is 6.45. The average Bonchev–Trinajstić information content (AvgIpc) is 2.02. The fraction of sp³-hybridized carbons (Fsp3) is 0.125. The van der Waals surface area contributed by atoms with Crippen molar-refractivity contribution in [3.63, 3.8) is 0 Å². The number of nitro groups is 1. The van der Waals surface area contributed by atoms with E-state index in [4.69, 9.17) is 11.5 Å². The molecule has 0 heterocycles. The van der Waals surface area contributed by atoms with Gasteiger partial charge < -0.3 is 11.5 Å². The second-order valence-electron chi connectivity index (χ2n) is 2.78. The van der Waals surface area contributed by atoms with Crippen LogP contribution in [0.5, 0.6) is 0 Å². The van der Waals surface area contributed by atoms with Crippen molar-refractivity contribution in [1.29, 1.82) is 0 Å². The third-order valence-corrected chi connectivity index (χ3v) is 1.80. The van der Waals surface area contributed by atoms with E-state index in [9.17, 15) is 14.9 Å². The topological polar surface area (TPSA) is 112 Å². The van der Waals surface area contributed by atoms with Crippen LogP contribution in [0.1, 0.15) is 17.3 Å². The lowest BCUT2D eigenvalue weighted by Gasteiger charge is -2.05. The third-order valence-electron chi connectivity index (χ3n) is 1.80. The van der Waals surface area contributed by atoms with E-state index >= 15 is 0 Å². The molecule has 1 aromatic rings. The molecule has 0 saturated carbocycles. The third kappa shape index (κ3) is 1.49. The molecule has 0 saturated heterocycles. The van der Waals surface area contributed by atoms with Crippen molar-refractivity contribution in [3.05, 3.63) is 27.8 Å². The Labute approximate surface area is 79.7 Å². The van der Waals surface area contributed by atoms with Gasteiger partial charge in [0.05, 0.1) is 10.5 Å². The van der Waals surface area contributed by atoms with E-state index < -0.39 is 4.92 Å². The van der Waals surface area contributed by atoms with E-state index in [1.165, 1.54) is 19.1 Å². The normalized spacial score (nSPS) is 9.79. The predicted molar refractivity (Wildman–Crippen MR) is 51.9 cm³/mol. The molecule has 0 aliphatic carbocycles. The summed E-state index contributed by atoms with van der Waals surface area (Å²) in [7, 11) is 0. The maximum Gasteiger partial charge on any atom is 0.293 e. The number of carbonyl (C=O) groups is 1. The van der Waals surface area contributed by atoms with Crippen molar-refractivity contribution in [1.82, 2.24) is 0 Å². The van der Waals surface area contributed by atoms with Crippen molar-refractivity contribution in [2.45, 2.75) is 6.92 Å². The predicted octanol–water partition coefficient (Wildman–Crippen LogP) is 0.962. The Kier molecular flexibility index (Phi) is 2.37. The minimum atomic E-state index is -0.652. The first-order valence-corrected chi connectivity index (χ1v) is 3.78. The quantitative estimate of drug-likeness (QED) is 0.316. The molecule has 14 heavy (non-hydrogen) atoms. The molecule has 0 aliphatic rings. The standard InChI is InChI=1S/C8H9N3O3/c1-4(12)7-5(9)2-3-6(8(7)10)11(13)14/h2-3H,9-10H2,1H3. The highest BCUT2D eigenvalue weighted by Crippen LogP contribution is 2.29. The summed E-state index contributed by atoms with van der Waals surface area (Å²) in [5.74, 6) is -0.385. The second-order valence-corrected chi connectivity index (χ2v) is 2.78. The number of rotatable bonds is 2. The van der Waals surface area contributed by atoms with Gasteiger partial charge in [0.25, 0.3) is 5.69 Å². The van der Waals surface area contributed by atoms with Crippen LogP contribution in [-0.2, 0) is 0 Å². The molecule has 1 rings (SSSR count). The van der Waals surface area contributed by atoms with Crippen LogP contribution in [0.15, 0.2) is 12.1 Å². The molecule has 0 fully saturated rings. The molecular formula is C8H9N3O3. The van der Waals surface area contributed by atoms with E-state index in [1.807, 2.05) is 0 Å². The zero-order valence-corrected chi connectivity index (χ0v) is 7.48. The SMILES string of the molecule is CC(=O)c1c(N)ccc([N+](=O)[O-])c1N. The van der Waals surface area contributed by atoms with Crippen LogP contribution in [0, 0.1) is 10.1 Å². The first kappa shape index (κ1) is 9.97. The Morgan fingerprint density at radius 2 is 2.00 bits per heavy atom. The van der Waals surface area contributed by atoms with Gasteiger partial charge in [0.2, 0.25) is 0 Å². The molecule has 0 bridgehead atoms. The van der Waals surface area contributed by atoms with E-state index in [-0.39, 0.29) is 28.4 Å². The Bertz CT molecular complexity index is 415. The molecule has 0 unspecified atom stereocenters. The summed E-state index contributed by atoms with van der Waals surface area (Å²) in [6, 6.07) is 2.47. The summed E-state index contributed by atoms with van der Waals surface area (Å²) < 4.78 is 0. The number of hydrogen-bond donors (Lipinski definition) is 2. The smallest absolute Gasteiger partial charge is 0.293 e. The van der Waals surface area contributed by atoms with E-state index in [0.717, 1.165) is 0 Å². The summed E-state index contributed by atoms with van der Waals surface area (Å²) in [6.45, 7) is 1.26. The zero-order chi connectivity index (χ0) is 10.9. The van der Waals surface area contributed by atoms with Gasteiger partial charge in [-0.1, -0.05) is 0 Å². The van der Waals surface area contributed by atoms with Crippen LogP contribution in [0.3, 0.4) is 0 Å². The number of anilines is 2. The summed E-state index contributed by atoms with van der Waals surface area (Å²) in [5.41, 5.74) is 10.6. The maximum atomic E-state index is 11.1. The van der Waals surface area contributed by atoms with Gasteiger partial charge in [0.15, 0.2) is 5.78 Å². The Hall–Kier alpha value is -2.11. The molecule has 0 atom stereocenters. The number of nitrogens with two attached hydrogens (primary N) is 2. The largest absolute Gasteiger partial charge is 0.398 e. The minimum absolute atomic E-state index is 0.0131.